The highest BCUT2D eigenvalue weighted by molar-refractivity contribution is 6.30. The van der Waals surface area contributed by atoms with Crippen LogP contribution in [0, 0.1) is 0 Å². The predicted molar refractivity (Wildman–Crippen MR) is 132 cm³/mol. The molecular formula is C26H31ClN4O. The molecule has 0 bridgehead atoms. The van der Waals surface area contributed by atoms with Crippen LogP contribution in [0.25, 0.3) is 10.9 Å². The summed E-state index contributed by atoms with van der Waals surface area (Å²) in [6, 6.07) is 20.1. The molecule has 0 aliphatic carbocycles. The zero-order valence-corrected chi connectivity index (χ0v) is 19.8. The Balaban J connectivity index is 1.51. The number of aromatic nitrogens is 1. The average molecular weight is 451 g/mol. The van der Waals surface area contributed by atoms with Gasteiger partial charge < -0.3 is 10.2 Å². The molecule has 1 saturated heterocycles. The second kappa shape index (κ2) is 9.47. The lowest BCUT2D eigenvalue weighted by Gasteiger charge is -2.37. The van der Waals surface area contributed by atoms with Crippen LogP contribution in [0.15, 0.2) is 60.7 Å². The van der Waals surface area contributed by atoms with Crippen LogP contribution in [-0.2, 0) is 4.79 Å². The number of carbonyl (C=O) groups excluding carboxylic acids is 1. The molecule has 1 aromatic heterocycles. The molecule has 0 radical (unpaired) electrons. The first kappa shape index (κ1) is 22.6. The zero-order valence-electron chi connectivity index (χ0n) is 19.0. The van der Waals surface area contributed by atoms with Crippen LogP contribution in [-0.4, -0.2) is 54.1 Å². The van der Waals surface area contributed by atoms with Crippen molar-refractivity contribution in [2.45, 2.75) is 32.2 Å². The van der Waals surface area contributed by atoms with Crippen molar-refractivity contribution in [3.8, 4) is 0 Å². The van der Waals surface area contributed by atoms with E-state index in [-0.39, 0.29) is 17.4 Å². The minimum absolute atomic E-state index is 0.0255. The summed E-state index contributed by atoms with van der Waals surface area (Å²) in [5, 5.41) is 5.01. The van der Waals surface area contributed by atoms with E-state index in [4.69, 9.17) is 16.6 Å². The first-order valence-electron chi connectivity index (χ1n) is 11.2. The highest BCUT2D eigenvalue weighted by Gasteiger charge is 2.29. The lowest BCUT2D eigenvalue weighted by Crippen LogP contribution is -2.50. The third-order valence-electron chi connectivity index (χ3n) is 5.78. The van der Waals surface area contributed by atoms with Crippen molar-refractivity contribution in [3.05, 3.63) is 71.4 Å². The Morgan fingerprint density at radius 1 is 1.03 bits per heavy atom. The van der Waals surface area contributed by atoms with Gasteiger partial charge in [0.15, 0.2) is 0 Å². The Hall–Kier alpha value is -2.63. The predicted octanol–water partition coefficient (Wildman–Crippen LogP) is 4.71. The van der Waals surface area contributed by atoms with Crippen LogP contribution in [0.2, 0.25) is 5.02 Å². The van der Waals surface area contributed by atoms with Gasteiger partial charge in [0.1, 0.15) is 0 Å². The van der Waals surface area contributed by atoms with E-state index in [0.29, 0.717) is 6.54 Å². The molecule has 6 heteroatoms. The fourth-order valence-corrected chi connectivity index (χ4v) is 4.35. The number of hydrogen-bond donors (Lipinski definition) is 1. The van der Waals surface area contributed by atoms with E-state index < -0.39 is 0 Å². The average Bonchev–Trinajstić information content (AvgIpc) is 2.76. The van der Waals surface area contributed by atoms with Crippen molar-refractivity contribution in [2.24, 2.45) is 0 Å². The fourth-order valence-electron chi connectivity index (χ4n) is 4.16. The molecule has 3 aromatic rings. The minimum atomic E-state index is -0.323. The number of nitrogens with zero attached hydrogens (tertiary/aromatic N) is 3. The quantitative estimate of drug-likeness (QED) is 0.611. The molecule has 1 atom stereocenters. The summed E-state index contributed by atoms with van der Waals surface area (Å²) in [7, 11) is 0. The second-order valence-electron chi connectivity index (χ2n) is 9.49. The highest BCUT2D eigenvalue weighted by Crippen LogP contribution is 2.24. The number of nitrogens with one attached hydrogen (secondary N) is 1. The van der Waals surface area contributed by atoms with Crippen LogP contribution in [0.1, 0.15) is 32.4 Å². The van der Waals surface area contributed by atoms with Gasteiger partial charge in [0.2, 0.25) is 5.91 Å². The summed E-state index contributed by atoms with van der Waals surface area (Å²) >= 11 is 6.17. The van der Waals surface area contributed by atoms with Crippen molar-refractivity contribution in [1.29, 1.82) is 0 Å². The number of anilines is 1. The number of halogens is 1. The van der Waals surface area contributed by atoms with Gasteiger partial charge >= 0.3 is 0 Å². The lowest BCUT2D eigenvalue weighted by atomic mass is 9.99. The number of para-hydroxylation sites is 1. The highest BCUT2D eigenvalue weighted by atomic mass is 35.5. The van der Waals surface area contributed by atoms with E-state index in [1.807, 2.05) is 69.3 Å². The summed E-state index contributed by atoms with van der Waals surface area (Å²) in [5.41, 5.74) is 2.60. The first-order valence-corrected chi connectivity index (χ1v) is 11.6. The number of fused-ring (bicyclic) bond motifs is 1. The maximum Gasteiger partial charge on any atom is 0.230 e. The summed E-state index contributed by atoms with van der Waals surface area (Å²) in [6.45, 7) is 10.3. The number of piperazine rings is 1. The van der Waals surface area contributed by atoms with Crippen LogP contribution in [0.5, 0.6) is 0 Å². The lowest BCUT2D eigenvalue weighted by molar-refractivity contribution is -0.124. The smallest absolute Gasteiger partial charge is 0.230 e. The molecule has 1 aliphatic rings. The maximum atomic E-state index is 13.3. The van der Waals surface area contributed by atoms with E-state index in [9.17, 15) is 4.79 Å². The van der Waals surface area contributed by atoms with E-state index >= 15 is 0 Å². The van der Waals surface area contributed by atoms with Crippen LogP contribution in [0.4, 0.5) is 5.69 Å². The Morgan fingerprint density at radius 2 is 1.78 bits per heavy atom. The third kappa shape index (κ3) is 5.59. The van der Waals surface area contributed by atoms with Gasteiger partial charge in [0, 0.05) is 54.4 Å². The van der Waals surface area contributed by atoms with Gasteiger partial charge in [-0.1, -0.05) is 41.9 Å². The van der Waals surface area contributed by atoms with Gasteiger partial charge in [-0.15, -0.1) is 0 Å². The van der Waals surface area contributed by atoms with Gasteiger partial charge in [-0.25, -0.2) is 0 Å². The molecule has 2 heterocycles. The number of rotatable bonds is 5. The fraction of sp³-hybridized carbons (Fsp3) is 0.385. The topological polar surface area (TPSA) is 48.5 Å². The molecule has 1 unspecified atom stereocenters. The second-order valence-corrected chi connectivity index (χ2v) is 9.92. The van der Waals surface area contributed by atoms with Gasteiger partial charge in [-0.2, -0.15) is 0 Å². The van der Waals surface area contributed by atoms with E-state index in [1.165, 1.54) is 0 Å². The van der Waals surface area contributed by atoms with Crippen molar-refractivity contribution in [2.75, 3.05) is 37.6 Å². The van der Waals surface area contributed by atoms with Gasteiger partial charge in [0.05, 0.1) is 17.1 Å². The molecule has 0 saturated carbocycles. The summed E-state index contributed by atoms with van der Waals surface area (Å²) in [6.07, 6.45) is 0. The summed E-state index contributed by atoms with van der Waals surface area (Å²) in [5.74, 6) is -0.297. The maximum absolute atomic E-state index is 13.3. The SMILES string of the molecule is CC(C)(C)NC(=O)C(CN1CCN(c2cccc(Cl)c2)CC1)c1ccc2ccccc2n1. The minimum Gasteiger partial charge on any atom is -0.369 e. The molecule has 1 fully saturated rings. The first-order chi connectivity index (χ1) is 15.3. The number of benzene rings is 2. The number of amides is 1. The van der Waals surface area contributed by atoms with Crippen LogP contribution >= 0.6 is 11.6 Å². The van der Waals surface area contributed by atoms with Crippen LogP contribution in [0.3, 0.4) is 0 Å². The normalized spacial score (nSPS) is 16.2. The molecule has 1 amide bonds. The molecule has 32 heavy (non-hydrogen) atoms. The van der Waals surface area contributed by atoms with Crippen molar-refractivity contribution < 1.29 is 4.79 Å². The van der Waals surface area contributed by atoms with Crippen molar-refractivity contribution in [3.63, 3.8) is 0 Å². The van der Waals surface area contributed by atoms with Crippen LogP contribution < -0.4 is 10.2 Å². The molecule has 168 valence electrons. The van der Waals surface area contributed by atoms with E-state index in [2.05, 4.69) is 27.2 Å². The Morgan fingerprint density at radius 3 is 2.50 bits per heavy atom. The Kier molecular flexibility index (Phi) is 6.68. The number of hydrogen-bond acceptors (Lipinski definition) is 4. The Labute approximate surface area is 195 Å². The van der Waals surface area contributed by atoms with Gasteiger partial charge in [0.25, 0.3) is 0 Å². The van der Waals surface area contributed by atoms with Gasteiger partial charge in [-0.3, -0.25) is 14.7 Å². The van der Waals surface area contributed by atoms with Gasteiger partial charge in [-0.05, 0) is 51.1 Å². The molecular weight excluding hydrogens is 420 g/mol. The zero-order chi connectivity index (χ0) is 22.7. The van der Waals surface area contributed by atoms with E-state index in [0.717, 1.165) is 53.5 Å². The third-order valence-corrected chi connectivity index (χ3v) is 6.01. The summed E-state index contributed by atoms with van der Waals surface area (Å²) in [4.78, 5) is 22.9. The molecule has 2 aromatic carbocycles. The molecule has 0 spiro atoms. The number of carbonyl (C=O) groups is 1. The van der Waals surface area contributed by atoms with E-state index in [1.54, 1.807) is 0 Å². The number of pyridine rings is 1. The monoisotopic (exact) mass is 450 g/mol. The standard InChI is InChI=1S/C26H31ClN4O/c1-26(2,3)29-25(32)22(24-12-11-19-7-4-5-10-23(19)28-24)18-30-13-15-31(16-14-30)21-9-6-8-20(27)17-21/h4-12,17,22H,13-16,18H2,1-3H3,(H,29,32). The molecule has 5 nitrogen and oxygen atoms in total. The summed E-state index contributed by atoms with van der Waals surface area (Å²) < 4.78 is 0. The van der Waals surface area contributed by atoms with Crippen molar-refractivity contribution >= 4 is 34.1 Å². The molecule has 4 rings (SSSR count). The Bertz CT molecular complexity index is 1090. The van der Waals surface area contributed by atoms with Crippen molar-refractivity contribution in [1.82, 2.24) is 15.2 Å². The molecule has 1 aliphatic heterocycles. The largest absolute Gasteiger partial charge is 0.369 e. The molecule has 1 N–H and O–H groups in total.